The molecule has 1 rings (SSSR count). The molecule has 0 aromatic heterocycles. The predicted molar refractivity (Wildman–Crippen MR) is 95.7 cm³/mol. The van der Waals surface area contributed by atoms with E-state index in [2.05, 4.69) is 21.3 Å². The zero-order chi connectivity index (χ0) is 19.7. The van der Waals surface area contributed by atoms with Crippen molar-refractivity contribution in [2.24, 2.45) is 0 Å². The molecule has 0 fully saturated rings. The second kappa shape index (κ2) is 9.40. The molecule has 0 bridgehead atoms. The molecule has 0 radical (unpaired) electrons. The van der Waals surface area contributed by atoms with Gasteiger partial charge in [-0.25, -0.2) is 4.79 Å². The number of carbonyl (C=O) groups excluding carboxylic acids is 4. The molecule has 0 aliphatic carbocycles. The quantitative estimate of drug-likeness (QED) is 0.589. The first-order chi connectivity index (χ1) is 12.1. The maximum atomic E-state index is 11.8. The zero-order valence-corrected chi connectivity index (χ0v) is 15.3. The molecule has 0 saturated carbocycles. The highest BCUT2D eigenvalue weighted by molar-refractivity contribution is 5.97. The van der Waals surface area contributed by atoms with Gasteiger partial charge in [0.25, 0.3) is 5.91 Å². The van der Waals surface area contributed by atoms with E-state index < -0.39 is 23.5 Å². The normalized spacial score (nSPS) is 10.5. The summed E-state index contributed by atoms with van der Waals surface area (Å²) in [6, 6.07) is 6.29. The number of benzene rings is 1. The molecule has 0 unspecified atom stereocenters. The van der Waals surface area contributed by atoms with Crippen molar-refractivity contribution in [2.75, 3.05) is 25.5 Å². The summed E-state index contributed by atoms with van der Waals surface area (Å²) in [6.07, 6.45) is -0.715. The second-order valence-electron chi connectivity index (χ2n) is 6.34. The summed E-state index contributed by atoms with van der Waals surface area (Å²) in [5, 5.41) is 9.74. The van der Waals surface area contributed by atoms with Gasteiger partial charge < -0.3 is 26.0 Å². The van der Waals surface area contributed by atoms with Crippen molar-refractivity contribution in [3.05, 3.63) is 29.8 Å². The number of nitrogens with one attached hydrogen (secondary N) is 4. The Bertz CT molecular complexity index is 665. The first-order valence-electron chi connectivity index (χ1n) is 7.96. The van der Waals surface area contributed by atoms with E-state index in [0.29, 0.717) is 11.3 Å². The van der Waals surface area contributed by atoms with E-state index in [4.69, 9.17) is 4.74 Å². The minimum Gasteiger partial charge on any atom is -0.444 e. The second-order valence-corrected chi connectivity index (χ2v) is 6.34. The topological polar surface area (TPSA) is 126 Å². The Kier molecular flexibility index (Phi) is 7.57. The van der Waals surface area contributed by atoms with Crippen LogP contribution in [0.3, 0.4) is 0 Å². The van der Waals surface area contributed by atoms with Gasteiger partial charge in [-0.15, -0.1) is 0 Å². The van der Waals surface area contributed by atoms with E-state index in [9.17, 15) is 19.2 Å². The van der Waals surface area contributed by atoms with Crippen molar-refractivity contribution in [2.45, 2.75) is 26.4 Å². The predicted octanol–water partition coefficient (Wildman–Crippen LogP) is 0.626. The van der Waals surface area contributed by atoms with Crippen LogP contribution in [-0.2, 0) is 14.3 Å². The van der Waals surface area contributed by atoms with Crippen molar-refractivity contribution in [3.8, 4) is 0 Å². The zero-order valence-electron chi connectivity index (χ0n) is 15.3. The van der Waals surface area contributed by atoms with Crippen LogP contribution >= 0.6 is 0 Å². The first-order valence-corrected chi connectivity index (χ1v) is 7.96. The lowest BCUT2D eigenvalue weighted by atomic mass is 10.2. The molecule has 4 N–H and O–H groups in total. The Morgan fingerprint density at radius 1 is 0.923 bits per heavy atom. The largest absolute Gasteiger partial charge is 0.444 e. The van der Waals surface area contributed by atoms with Crippen LogP contribution in [0.5, 0.6) is 0 Å². The van der Waals surface area contributed by atoms with Crippen LogP contribution in [0, 0.1) is 0 Å². The Labute approximate surface area is 151 Å². The highest BCUT2D eigenvalue weighted by Gasteiger charge is 2.16. The average Bonchev–Trinajstić information content (AvgIpc) is 2.56. The SMILES string of the molecule is CNC(=O)c1ccc(NC(=O)CNC(=O)CNC(=O)OC(C)(C)C)cc1. The van der Waals surface area contributed by atoms with Crippen molar-refractivity contribution in [1.29, 1.82) is 0 Å². The monoisotopic (exact) mass is 364 g/mol. The van der Waals surface area contributed by atoms with Gasteiger partial charge in [0.1, 0.15) is 12.1 Å². The fourth-order valence-electron chi connectivity index (χ4n) is 1.76. The van der Waals surface area contributed by atoms with Gasteiger partial charge in [0.15, 0.2) is 0 Å². The lowest BCUT2D eigenvalue weighted by Gasteiger charge is -2.19. The van der Waals surface area contributed by atoms with E-state index in [1.54, 1.807) is 45.0 Å². The van der Waals surface area contributed by atoms with Gasteiger partial charge in [-0.2, -0.15) is 0 Å². The van der Waals surface area contributed by atoms with Crippen LogP contribution in [0.2, 0.25) is 0 Å². The van der Waals surface area contributed by atoms with Crippen molar-refractivity contribution >= 4 is 29.5 Å². The number of carbonyl (C=O) groups is 4. The minimum atomic E-state index is -0.715. The summed E-state index contributed by atoms with van der Waals surface area (Å²) in [6.45, 7) is 4.56. The van der Waals surface area contributed by atoms with Crippen LogP contribution in [0.25, 0.3) is 0 Å². The molecule has 0 aliphatic heterocycles. The van der Waals surface area contributed by atoms with E-state index in [1.165, 1.54) is 7.05 Å². The molecule has 0 aliphatic rings. The number of rotatable bonds is 6. The Hall–Kier alpha value is -3.10. The molecule has 0 atom stereocenters. The average molecular weight is 364 g/mol. The molecule has 4 amide bonds. The van der Waals surface area contributed by atoms with Gasteiger partial charge in [-0.1, -0.05) is 0 Å². The maximum absolute atomic E-state index is 11.8. The summed E-state index contributed by atoms with van der Waals surface area (Å²) < 4.78 is 4.99. The third-order valence-electron chi connectivity index (χ3n) is 2.90. The standard InChI is InChI=1S/C17H24N4O5/c1-17(2,3)26-16(25)20-9-13(22)19-10-14(23)21-12-7-5-11(6-8-12)15(24)18-4/h5-8H,9-10H2,1-4H3,(H,18,24)(H,19,22)(H,20,25)(H,21,23). The Morgan fingerprint density at radius 3 is 2.04 bits per heavy atom. The molecule has 1 aromatic carbocycles. The third-order valence-corrected chi connectivity index (χ3v) is 2.90. The number of amides is 4. The van der Waals surface area contributed by atoms with E-state index >= 15 is 0 Å². The number of alkyl carbamates (subject to hydrolysis) is 1. The Balaban J connectivity index is 2.34. The number of ether oxygens (including phenoxy) is 1. The van der Waals surface area contributed by atoms with Gasteiger partial charge in [0.05, 0.1) is 6.54 Å². The fourth-order valence-corrected chi connectivity index (χ4v) is 1.76. The molecule has 0 spiro atoms. The summed E-state index contributed by atoms with van der Waals surface area (Å²) in [7, 11) is 1.53. The van der Waals surface area contributed by atoms with Crippen LogP contribution in [0.1, 0.15) is 31.1 Å². The summed E-state index contributed by atoms with van der Waals surface area (Å²) in [5.74, 6) is -1.20. The smallest absolute Gasteiger partial charge is 0.408 e. The highest BCUT2D eigenvalue weighted by Crippen LogP contribution is 2.09. The van der Waals surface area contributed by atoms with Crippen molar-refractivity contribution in [1.82, 2.24) is 16.0 Å². The molecular weight excluding hydrogens is 340 g/mol. The number of hydrogen-bond donors (Lipinski definition) is 4. The van der Waals surface area contributed by atoms with Crippen LogP contribution in [0.15, 0.2) is 24.3 Å². The van der Waals surface area contributed by atoms with Crippen molar-refractivity contribution in [3.63, 3.8) is 0 Å². The van der Waals surface area contributed by atoms with E-state index in [0.717, 1.165) is 0 Å². The summed E-state index contributed by atoms with van der Waals surface area (Å²) in [4.78, 5) is 46.3. The van der Waals surface area contributed by atoms with Gasteiger partial charge in [0.2, 0.25) is 11.8 Å². The lowest BCUT2D eigenvalue weighted by molar-refractivity contribution is -0.123. The molecule has 142 valence electrons. The minimum absolute atomic E-state index is 0.229. The number of hydrogen-bond acceptors (Lipinski definition) is 5. The van der Waals surface area contributed by atoms with E-state index in [-0.39, 0.29) is 19.0 Å². The van der Waals surface area contributed by atoms with Gasteiger partial charge in [-0.05, 0) is 45.0 Å². The summed E-state index contributed by atoms with van der Waals surface area (Å²) in [5.41, 5.74) is 0.296. The maximum Gasteiger partial charge on any atom is 0.408 e. The molecule has 0 heterocycles. The third kappa shape index (κ3) is 8.13. The molecule has 9 nitrogen and oxygen atoms in total. The van der Waals surface area contributed by atoms with Crippen LogP contribution < -0.4 is 21.3 Å². The van der Waals surface area contributed by atoms with Gasteiger partial charge in [-0.3, -0.25) is 14.4 Å². The molecule has 1 aromatic rings. The fraction of sp³-hybridized carbons (Fsp3) is 0.412. The van der Waals surface area contributed by atoms with Crippen LogP contribution in [-0.4, -0.2) is 49.6 Å². The van der Waals surface area contributed by atoms with Gasteiger partial charge >= 0.3 is 6.09 Å². The van der Waals surface area contributed by atoms with E-state index in [1.807, 2.05) is 0 Å². The van der Waals surface area contributed by atoms with Gasteiger partial charge in [0, 0.05) is 18.3 Å². The summed E-state index contributed by atoms with van der Waals surface area (Å²) >= 11 is 0. The molecule has 9 heteroatoms. The highest BCUT2D eigenvalue weighted by atomic mass is 16.6. The molecular formula is C17H24N4O5. The Morgan fingerprint density at radius 2 is 1.50 bits per heavy atom. The first kappa shape index (κ1) is 20.9. The van der Waals surface area contributed by atoms with Crippen LogP contribution in [0.4, 0.5) is 10.5 Å². The molecule has 26 heavy (non-hydrogen) atoms. The molecule has 0 saturated heterocycles. The number of anilines is 1. The van der Waals surface area contributed by atoms with Crippen molar-refractivity contribution < 1.29 is 23.9 Å². The lowest BCUT2D eigenvalue weighted by Crippen LogP contribution is -2.41.